The van der Waals surface area contributed by atoms with Gasteiger partial charge < -0.3 is 20.5 Å². The third-order valence-electron chi connectivity index (χ3n) is 3.65. The molecule has 0 amide bonds. The lowest BCUT2D eigenvalue weighted by molar-refractivity contribution is 0.0376. The van der Waals surface area contributed by atoms with Gasteiger partial charge in [-0.3, -0.25) is 4.90 Å². The van der Waals surface area contributed by atoms with Gasteiger partial charge in [0, 0.05) is 31.9 Å². The summed E-state index contributed by atoms with van der Waals surface area (Å²) in [6.07, 6.45) is -0.0601. The van der Waals surface area contributed by atoms with E-state index in [1.54, 1.807) is 12.1 Å². The van der Waals surface area contributed by atoms with Crippen molar-refractivity contribution in [2.24, 2.45) is 10.7 Å². The van der Waals surface area contributed by atoms with E-state index < -0.39 is 13.0 Å². The van der Waals surface area contributed by atoms with E-state index in [0.717, 1.165) is 51.4 Å². The van der Waals surface area contributed by atoms with Gasteiger partial charge in [0.1, 0.15) is 0 Å². The molecule has 1 aromatic heterocycles. The molecule has 0 atom stereocenters. The summed E-state index contributed by atoms with van der Waals surface area (Å²) in [6, 6.07) is 3.32. The molecule has 0 spiro atoms. The quantitative estimate of drug-likeness (QED) is 0.387. The Morgan fingerprint density at radius 2 is 2.24 bits per heavy atom. The second-order valence-electron chi connectivity index (χ2n) is 5.64. The maximum atomic E-state index is 12.1. The number of hydrogen-bond acceptors (Lipinski definition) is 5. The zero-order chi connectivity index (χ0) is 17.9. The number of halogens is 2. The van der Waals surface area contributed by atoms with Crippen molar-refractivity contribution in [3.63, 3.8) is 0 Å². The molecule has 1 aliphatic heterocycles. The number of ether oxygens (including phenoxy) is 2. The van der Waals surface area contributed by atoms with Crippen molar-refractivity contribution in [3.05, 3.63) is 23.9 Å². The first-order chi connectivity index (χ1) is 12.1. The Morgan fingerprint density at radius 3 is 3.00 bits per heavy atom. The van der Waals surface area contributed by atoms with Crippen LogP contribution < -0.4 is 15.8 Å². The van der Waals surface area contributed by atoms with E-state index in [9.17, 15) is 8.78 Å². The molecule has 25 heavy (non-hydrogen) atoms. The van der Waals surface area contributed by atoms with Crippen molar-refractivity contribution in [1.82, 2.24) is 15.2 Å². The van der Waals surface area contributed by atoms with Crippen LogP contribution in [0.4, 0.5) is 8.78 Å². The summed E-state index contributed by atoms with van der Waals surface area (Å²) in [5, 5.41) is 3.07. The Hall–Kier alpha value is -2.00. The van der Waals surface area contributed by atoms with Gasteiger partial charge in [-0.1, -0.05) is 0 Å². The Bertz CT molecular complexity index is 539. The molecule has 3 N–H and O–H groups in total. The Morgan fingerprint density at radius 1 is 1.44 bits per heavy atom. The molecule has 1 aliphatic rings. The molecular formula is C16H25F2N5O2. The van der Waals surface area contributed by atoms with Crippen LogP contribution in [0.2, 0.25) is 0 Å². The summed E-state index contributed by atoms with van der Waals surface area (Å²) < 4.78 is 34.5. The van der Waals surface area contributed by atoms with E-state index in [1.165, 1.54) is 6.20 Å². The molecule has 140 valence electrons. The van der Waals surface area contributed by atoms with Crippen LogP contribution in [0.25, 0.3) is 0 Å². The van der Waals surface area contributed by atoms with Crippen LogP contribution in [0.3, 0.4) is 0 Å². The highest BCUT2D eigenvalue weighted by Crippen LogP contribution is 2.11. The molecule has 7 nitrogen and oxygen atoms in total. The van der Waals surface area contributed by atoms with E-state index in [0.29, 0.717) is 12.5 Å². The van der Waals surface area contributed by atoms with Crippen LogP contribution in [-0.2, 0) is 11.3 Å². The molecule has 0 aromatic carbocycles. The van der Waals surface area contributed by atoms with Crippen molar-refractivity contribution in [3.8, 4) is 5.88 Å². The van der Waals surface area contributed by atoms with E-state index >= 15 is 0 Å². The predicted octanol–water partition coefficient (Wildman–Crippen LogP) is 0.852. The zero-order valence-electron chi connectivity index (χ0n) is 14.2. The zero-order valence-corrected chi connectivity index (χ0v) is 14.2. The lowest BCUT2D eigenvalue weighted by Gasteiger charge is -2.26. The molecule has 0 radical (unpaired) electrons. The molecule has 0 saturated carbocycles. The number of alkyl halides is 2. The van der Waals surface area contributed by atoms with Crippen LogP contribution in [0.5, 0.6) is 5.88 Å². The van der Waals surface area contributed by atoms with Gasteiger partial charge in [0.05, 0.1) is 19.8 Å². The summed E-state index contributed by atoms with van der Waals surface area (Å²) in [4.78, 5) is 10.5. The Labute approximate surface area is 146 Å². The van der Waals surface area contributed by atoms with E-state index in [-0.39, 0.29) is 5.88 Å². The van der Waals surface area contributed by atoms with E-state index in [2.05, 4.69) is 20.2 Å². The smallest absolute Gasteiger partial charge is 0.272 e. The van der Waals surface area contributed by atoms with Gasteiger partial charge >= 0.3 is 0 Å². The maximum Gasteiger partial charge on any atom is 0.272 e. The molecule has 1 saturated heterocycles. The first kappa shape index (κ1) is 19.3. The molecule has 0 unspecified atom stereocenters. The molecule has 2 rings (SSSR count). The average Bonchev–Trinajstić information content (AvgIpc) is 2.63. The van der Waals surface area contributed by atoms with Crippen molar-refractivity contribution < 1.29 is 18.3 Å². The fourth-order valence-electron chi connectivity index (χ4n) is 2.35. The van der Waals surface area contributed by atoms with Crippen LogP contribution in [0.15, 0.2) is 23.3 Å². The molecule has 0 bridgehead atoms. The number of hydrogen-bond donors (Lipinski definition) is 2. The van der Waals surface area contributed by atoms with Gasteiger partial charge in [0.25, 0.3) is 6.43 Å². The normalized spacial score (nSPS) is 16.2. The number of aromatic nitrogens is 1. The highest BCUT2D eigenvalue weighted by molar-refractivity contribution is 5.77. The Balaban J connectivity index is 1.66. The average molecular weight is 357 g/mol. The molecular weight excluding hydrogens is 332 g/mol. The van der Waals surface area contributed by atoms with Crippen LogP contribution in [-0.4, -0.2) is 68.3 Å². The van der Waals surface area contributed by atoms with Gasteiger partial charge in [0.2, 0.25) is 5.88 Å². The van der Waals surface area contributed by atoms with Gasteiger partial charge in [-0.05, 0) is 24.6 Å². The first-order valence-corrected chi connectivity index (χ1v) is 8.33. The maximum absolute atomic E-state index is 12.1. The highest BCUT2D eigenvalue weighted by Gasteiger charge is 2.09. The second kappa shape index (κ2) is 10.8. The van der Waals surface area contributed by atoms with Crippen molar-refractivity contribution in [1.29, 1.82) is 0 Å². The number of guanidine groups is 1. The molecule has 1 aromatic rings. The van der Waals surface area contributed by atoms with Gasteiger partial charge in [0.15, 0.2) is 12.6 Å². The van der Waals surface area contributed by atoms with Crippen LogP contribution in [0, 0.1) is 0 Å². The monoisotopic (exact) mass is 357 g/mol. The lowest BCUT2D eigenvalue weighted by Crippen LogP contribution is -2.39. The number of rotatable bonds is 9. The number of nitrogens with zero attached hydrogens (tertiary/aromatic N) is 3. The minimum Gasteiger partial charge on any atom is -0.472 e. The first-order valence-electron chi connectivity index (χ1n) is 8.33. The molecule has 1 fully saturated rings. The molecule has 2 heterocycles. The summed E-state index contributed by atoms with van der Waals surface area (Å²) in [5.41, 5.74) is 6.63. The summed E-state index contributed by atoms with van der Waals surface area (Å²) in [6.45, 7) is 4.94. The van der Waals surface area contributed by atoms with Crippen LogP contribution in [0.1, 0.15) is 12.0 Å². The van der Waals surface area contributed by atoms with Gasteiger partial charge in [-0.15, -0.1) is 0 Å². The van der Waals surface area contributed by atoms with E-state index in [4.69, 9.17) is 15.2 Å². The fourth-order valence-corrected chi connectivity index (χ4v) is 2.35. The van der Waals surface area contributed by atoms with Gasteiger partial charge in [-0.25, -0.2) is 18.8 Å². The molecule has 0 aliphatic carbocycles. The number of aliphatic imine (C=N–C) groups is 1. The highest BCUT2D eigenvalue weighted by atomic mass is 19.3. The Kier molecular flexibility index (Phi) is 8.33. The second-order valence-corrected chi connectivity index (χ2v) is 5.64. The van der Waals surface area contributed by atoms with Crippen molar-refractivity contribution in [2.75, 3.05) is 46.0 Å². The standard InChI is InChI=1S/C16H25F2N5O2/c17-14(18)12-25-15-10-13(2-4-20-15)11-22-16(19)21-3-1-5-23-6-8-24-9-7-23/h2,4,10,14H,1,3,5-9,11-12H2,(H3,19,21,22). The number of nitrogens with one attached hydrogen (secondary N) is 1. The third kappa shape index (κ3) is 8.08. The number of nitrogens with two attached hydrogens (primary N) is 1. The topological polar surface area (TPSA) is 85.0 Å². The summed E-state index contributed by atoms with van der Waals surface area (Å²) >= 11 is 0. The third-order valence-corrected chi connectivity index (χ3v) is 3.65. The largest absolute Gasteiger partial charge is 0.472 e. The van der Waals surface area contributed by atoms with Gasteiger partial charge in [-0.2, -0.15) is 0 Å². The minimum absolute atomic E-state index is 0.157. The lowest BCUT2D eigenvalue weighted by atomic mass is 10.3. The van der Waals surface area contributed by atoms with Crippen molar-refractivity contribution >= 4 is 5.96 Å². The van der Waals surface area contributed by atoms with E-state index in [1.807, 2.05) is 0 Å². The fraction of sp³-hybridized carbons (Fsp3) is 0.625. The minimum atomic E-state index is -2.53. The van der Waals surface area contributed by atoms with Crippen LogP contribution >= 0.6 is 0 Å². The SMILES string of the molecule is NC(=NCc1ccnc(OCC(F)F)c1)NCCCN1CCOCC1. The predicted molar refractivity (Wildman–Crippen MR) is 90.9 cm³/mol. The number of pyridine rings is 1. The number of morpholine rings is 1. The summed E-state index contributed by atoms with van der Waals surface area (Å²) in [7, 11) is 0. The summed E-state index contributed by atoms with van der Waals surface area (Å²) in [5.74, 6) is 0.513. The van der Waals surface area contributed by atoms with Crippen molar-refractivity contribution in [2.45, 2.75) is 19.4 Å². The molecule has 9 heteroatoms.